The monoisotopic (exact) mass is 267 g/mol. The predicted molar refractivity (Wildman–Crippen MR) is 75.6 cm³/mol. The first-order chi connectivity index (χ1) is 8.99. The minimum absolute atomic E-state index is 0.0266. The van der Waals surface area contributed by atoms with Crippen LogP contribution in [-0.2, 0) is 0 Å². The average Bonchev–Trinajstić information content (AvgIpc) is 2.35. The molecule has 6 heteroatoms. The Labute approximate surface area is 113 Å². The van der Waals surface area contributed by atoms with Crippen LogP contribution in [0.3, 0.4) is 0 Å². The van der Waals surface area contributed by atoms with Crippen LogP contribution in [0.15, 0.2) is 18.2 Å². The molecular weight excluding hydrogens is 246 g/mol. The van der Waals surface area contributed by atoms with Crippen molar-refractivity contribution >= 4 is 11.4 Å². The summed E-state index contributed by atoms with van der Waals surface area (Å²) < 4.78 is 5.30. The first-order valence-corrected chi connectivity index (χ1v) is 6.37. The van der Waals surface area contributed by atoms with Gasteiger partial charge < -0.3 is 15.8 Å². The van der Waals surface area contributed by atoms with Crippen LogP contribution in [0.1, 0.15) is 20.8 Å². The molecule has 0 bridgehead atoms. The van der Waals surface area contributed by atoms with E-state index < -0.39 is 4.92 Å². The molecule has 0 aliphatic carbocycles. The summed E-state index contributed by atoms with van der Waals surface area (Å²) in [6, 6.07) is 4.88. The Hall–Kier alpha value is -1.82. The minimum atomic E-state index is -0.447. The number of rotatable bonds is 7. The van der Waals surface area contributed by atoms with E-state index in [1.165, 1.54) is 6.07 Å². The van der Waals surface area contributed by atoms with Gasteiger partial charge in [0.25, 0.3) is 0 Å². The highest BCUT2D eigenvalue weighted by Gasteiger charge is 2.17. The van der Waals surface area contributed by atoms with Gasteiger partial charge in [0, 0.05) is 30.4 Å². The highest BCUT2D eigenvalue weighted by molar-refractivity contribution is 5.58. The molecule has 1 rings (SSSR count). The maximum Gasteiger partial charge on any atom is 0.311 e. The van der Waals surface area contributed by atoms with E-state index in [2.05, 4.69) is 19.2 Å². The molecule has 1 aromatic carbocycles. The van der Waals surface area contributed by atoms with Crippen LogP contribution in [0, 0.1) is 16.0 Å². The molecule has 1 atom stereocenters. The Bertz CT molecular complexity index is 435. The van der Waals surface area contributed by atoms with E-state index in [4.69, 9.17) is 10.5 Å². The van der Waals surface area contributed by atoms with Crippen molar-refractivity contribution in [3.05, 3.63) is 28.3 Å². The van der Waals surface area contributed by atoms with E-state index in [1.807, 2.05) is 0 Å². The lowest BCUT2D eigenvalue weighted by Crippen LogP contribution is -2.33. The smallest absolute Gasteiger partial charge is 0.311 e. The zero-order chi connectivity index (χ0) is 14.4. The van der Waals surface area contributed by atoms with Gasteiger partial charge in [-0.05, 0) is 18.9 Å². The molecular formula is C13H21N3O3. The number of nitrogens with two attached hydrogens (primary N) is 1. The summed E-state index contributed by atoms with van der Waals surface area (Å²) in [5.74, 6) is 0.646. The van der Waals surface area contributed by atoms with Gasteiger partial charge >= 0.3 is 5.69 Å². The Kier molecular flexibility index (Phi) is 5.57. The average molecular weight is 267 g/mol. The SMILES string of the molecule is CCOc1cc(NC(CN)C(C)C)ccc1[N+](=O)[O-]. The van der Waals surface area contributed by atoms with Gasteiger partial charge in [-0.25, -0.2) is 0 Å². The lowest BCUT2D eigenvalue weighted by molar-refractivity contribution is -0.385. The van der Waals surface area contributed by atoms with Crippen molar-refractivity contribution < 1.29 is 9.66 Å². The second-order valence-electron chi connectivity index (χ2n) is 4.60. The Balaban J connectivity index is 2.97. The quantitative estimate of drug-likeness (QED) is 0.584. The molecule has 0 radical (unpaired) electrons. The third-order valence-electron chi connectivity index (χ3n) is 2.87. The fourth-order valence-corrected chi connectivity index (χ4v) is 1.74. The normalized spacial score (nSPS) is 12.3. The van der Waals surface area contributed by atoms with E-state index in [0.717, 1.165) is 5.69 Å². The number of hydrogen-bond donors (Lipinski definition) is 2. The standard InChI is InChI=1S/C13H21N3O3/c1-4-19-13-7-10(5-6-12(13)16(17)18)15-11(8-14)9(2)3/h5-7,9,11,15H,4,8,14H2,1-3H3. The first kappa shape index (κ1) is 15.2. The number of nitrogens with one attached hydrogen (secondary N) is 1. The Morgan fingerprint density at radius 1 is 1.47 bits per heavy atom. The molecule has 1 aromatic rings. The van der Waals surface area contributed by atoms with Crippen molar-refractivity contribution in [3.63, 3.8) is 0 Å². The third-order valence-corrected chi connectivity index (χ3v) is 2.87. The van der Waals surface area contributed by atoms with Crippen LogP contribution in [0.25, 0.3) is 0 Å². The van der Waals surface area contributed by atoms with E-state index in [9.17, 15) is 10.1 Å². The van der Waals surface area contributed by atoms with Crippen LogP contribution in [0.5, 0.6) is 5.75 Å². The Morgan fingerprint density at radius 3 is 2.63 bits per heavy atom. The van der Waals surface area contributed by atoms with E-state index in [-0.39, 0.29) is 17.5 Å². The fraction of sp³-hybridized carbons (Fsp3) is 0.538. The fourth-order valence-electron chi connectivity index (χ4n) is 1.74. The molecule has 0 fully saturated rings. The van der Waals surface area contributed by atoms with Crippen LogP contribution in [0.2, 0.25) is 0 Å². The van der Waals surface area contributed by atoms with Gasteiger partial charge in [0.2, 0.25) is 0 Å². The molecule has 0 saturated heterocycles. The summed E-state index contributed by atoms with van der Waals surface area (Å²) in [7, 11) is 0. The number of anilines is 1. The number of nitrogens with zero attached hydrogens (tertiary/aromatic N) is 1. The van der Waals surface area contributed by atoms with Gasteiger partial charge in [-0.2, -0.15) is 0 Å². The van der Waals surface area contributed by atoms with Crippen molar-refractivity contribution in [1.29, 1.82) is 0 Å². The van der Waals surface area contributed by atoms with E-state index in [0.29, 0.717) is 19.1 Å². The lowest BCUT2D eigenvalue weighted by Gasteiger charge is -2.22. The van der Waals surface area contributed by atoms with Gasteiger partial charge in [-0.1, -0.05) is 13.8 Å². The van der Waals surface area contributed by atoms with E-state index >= 15 is 0 Å². The van der Waals surface area contributed by atoms with E-state index in [1.54, 1.807) is 19.1 Å². The topological polar surface area (TPSA) is 90.4 Å². The van der Waals surface area contributed by atoms with Gasteiger partial charge in [0.15, 0.2) is 5.75 Å². The van der Waals surface area contributed by atoms with Crippen molar-refractivity contribution in [2.24, 2.45) is 11.7 Å². The summed E-state index contributed by atoms with van der Waals surface area (Å²) >= 11 is 0. The molecule has 19 heavy (non-hydrogen) atoms. The molecule has 0 amide bonds. The minimum Gasteiger partial charge on any atom is -0.487 e. The molecule has 0 heterocycles. The molecule has 0 saturated carbocycles. The van der Waals surface area contributed by atoms with Gasteiger partial charge in [0.05, 0.1) is 11.5 Å². The van der Waals surface area contributed by atoms with Crippen LogP contribution in [0.4, 0.5) is 11.4 Å². The molecule has 6 nitrogen and oxygen atoms in total. The largest absolute Gasteiger partial charge is 0.487 e. The zero-order valence-electron chi connectivity index (χ0n) is 11.6. The van der Waals surface area contributed by atoms with Gasteiger partial charge in [-0.15, -0.1) is 0 Å². The van der Waals surface area contributed by atoms with Crippen LogP contribution >= 0.6 is 0 Å². The van der Waals surface area contributed by atoms with Crippen LogP contribution in [-0.4, -0.2) is 24.1 Å². The summed E-state index contributed by atoms with van der Waals surface area (Å²) in [6.07, 6.45) is 0. The highest BCUT2D eigenvalue weighted by atomic mass is 16.6. The first-order valence-electron chi connectivity index (χ1n) is 6.37. The second-order valence-corrected chi connectivity index (χ2v) is 4.60. The molecule has 106 valence electrons. The predicted octanol–water partition coefficient (Wildman–Crippen LogP) is 2.39. The van der Waals surface area contributed by atoms with Crippen molar-refractivity contribution in [2.45, 2.75) is 26.8 Å². The number of nitro groups is 1. The molecule has 0 aromatic heterocycles. The maximum absolute atomic E-state index is 10.9. The molecule has 1 unspecified atom stereocenters. The second kappa shape index (κ2) is 6.94. The summed E-state index contributed by atoms with van der Waals surface area (Å²) in [5, 5.41) is 14.1. The molecule has 0 aliphatic rings. The van der Waals surface area contributed by atoms with Crippen LogP contribution < -0.4 is 15.8 Å². The molecule has 3 N–H and O–H groups in total. The van der Waals surface area contributed by atoms with Gasteiger partial charge in [0.1, 0.15) is 0 Å². The zero-order valence-corrected chi connectivity index (χ0v) is 11.6. The summed E-state index contributed by atoms with van der Waals surface area (Å²) in [4.78, 5) is 10.4. The number of benzene rings is 1. The number of nitro benzene ring substituents is 1. The molecule has 0 spiro atoms. The highest BCUT2D eigenvalue weighted by Crippen LogP contribution is 2.30. The lowest BCUT2D eigenvalue weighted by atomic mass is 10.0. The number of hydrogen-bond acceptors (Lipinski definition) is 5. The third kappa shape index (κ3) is 4.10. The van der Waals surface area contributed by atoms with Crippen molar-refractivity contribution in [3.8, 4) is 5.75 Å². The summed E-state index contributed by atoms with van der Waals surface area (Å²) in [5.41, 5.74) is 6.44. The maximum atomic E-state index is 10.9. The van der Waals surface area contributed by atoms with Gasteiger partial charge in [-0.3, -0.25) is 10.1 Å². The Morgan fingerprint density at radius 2 is 2.16 bits per heavy atom. The van der Waals surface area contributed by atoms with Crippen molar-refractivity contribution in [2.75, 3.05) is 18.5 Å². The number of ether oxygens (including phenoxy) is 1. The summed E-state index contributed by atoms with van der Waals surface area (Å²) in [6.45, 7) is 6.81. The molecule has 0 aliphatic heterocycles. The van der Waals surface area contributed by atoms with Crippen molar-refractivity contribution in [1.82, 2.24) is 0 Å².